The zero-order valence-corrected chi connectivity index (χ0v) is 17.0. The first kappa shape index (κ1) is 19.2. The van der Waals surface area contributed by atoms with E-state index in [2.05, 4.69) is 9.71 Å². The highest BCUT2D eigenvalue weighted by molar-refractivity contribution is 7.89. The zero-order chi connectivity index (χ0) is 19.6. The van der Waals surface area contributed by atoms with Crippen LogP contribution < -0.4 is 4.72 Å². The Morgan fingerprint density at radius 1 is 1.07 bits per heavy atom. The lowest BCUT2D eigenvalue weighted by Gasteiger charge is -2.16. The minimum atomic E-state index is -3.54. The van der Waals surface area contributed by atoms with Crippen LogP contribution in [-0.4, -0.2) is 19.9 Å². The average molecular weight is 417 g/mol. The Labute approximate surface area is 168 Å². The fourth-order valence-corrected chi connectivity index (χ4v) is 5.38. The van der Waals surface area contributed by atoms with Crippen molar-refractivity contribution in [3.05, 3.63) is 70.5 Å². The maximum atomic E-state index is 13.4. The second-order valence-electron chi connectivity index (χ2n) is 6.94. The molecule has 1 aliphatic carbocycles. The van der Waals surface area contributed by atoms with E-state index >= 15 is 0 Å². The van der Waals surface area contributed by atoms with Crippen molar-refractivity contribution in [3.63, 3.8) is 0 Å². The lowest BCUT2D eigenvalue weighted by Crippen LogP contribution is -2.26. The maximum absolute atomic E-state index is 13.4. The molecule has 3 aromatic rings. The van der Waals surface area contributed by atoms with Crippen LogP contribution in [0, 0.1) is 5.82 Å². The van der Waals surface area contributed by atoms with E-state index in [1.807, 2.05) is 23.6 Å². The predicted molar refractivity (Wildman–Crippen MR) is 109 cm³/mol. The van der Waals surface area contributed by atoms with E-state index in [0.29, 0.717) is 11.3 Å². The van der Waals surface area contributed by atoms with Gasteiger partial charge in [0.05, 0.1) is 10.6 Å². The topological polar surface area (TPSA) is 59.1 Å². The molecule has 2 aromatic carbocycles. The fourth-order valence-electron chi connectivity index (χ4n) is 3.45. The molecule has 0 saturated heterocycles. The summed E-state index contributed by atoms with van der Waals surface area (Å²) in [6, 6.07) is 11.7. The first-order valence-electron chi connectivity index (χ1n) is 9.33. The van der Waals surface area contributed by atoms with Crippen LogP contribution in [0.3, 0.4) is 0 Å². The van der Waals surface area contributed by atoms with Crippen molar-refractivity contribution in [2.24, 2.45) is 0 Å². The number of hydrogen-bond donors (Lipinski definition) is 1. The number of halogens is 1. The van der Waals surface area contributed by atoms with Gasteiger partial charge in [0, 0.05) is 23.9 Å². The van der Waals surface area contributed by atoms with Gasteiger partial charge < -0.3 is 0 Å². The molecule has 7 heteroatoms. The summed E-state index contributed by atoms with van der Waals surface area (Å²) in [4.78, 5) is 4.81. The number of fused-ring (bicyclic) bond motifs is 1. The molecule has 0 spiro atoms. The average Bonchev–Trinajstić information content (AvgIpc) is 3.16. The van der Waals surface area contributed by atoms with E-state index < -0.39 is 10.0 Å². The van der Waals surface area contributed by atoms with Gasteiger partial charge in [-0.2, -0.15) is 0 Å². The zero-order valence-electron chi connectivity index (χ0n) is 15.3. The number of benzene rings is 2. The number of thiazole rings is 1. The van der Waals surface area contributed by atoms with Crippen molar-refractivity contribution >= 4 is 21.4 Å². The lowest BCUT2D eigenvalue weighted by atomic mass is 9.92. The summed E-state index contributed by atoms with van der Waals surface area (Å²) in [5, 5.41) is 2.61. The number of hydrogen-bond acceptors (Lipinski definition) is 4. The number of rotatable bonds is 6. The number of nitrogens with one attached hydrogen (secondary N) is 1. The molecule has 0 radical (unpaired) electrons. The van der Waals surface area contributed by atoms with E-state index in [9.17, 15) is 12.8 Å². The Kier molecular flexibility index (Phi) is 5.57. The number of nitrogens with zero attached hydrogens (tertiary/aromatic N) is 1. The first-order chi connectivity index (χ1) is 13.5. The second-order valence-corrected chi connectivity index (χ2v) is 9.56. The van der Waals surface area contributed by atoms with Crippen molar-refractivity contribution in [1.82, 2.24) is 9.71 Å². The summed E-state index contributed by atoms with van der Waals surface area (Å²) in [6.45, 7) is 0.270. The minimum absolute atomic E-state index is 0.270. The molecular weight excluding hydrogens is 395 g/mol. The van der Waals surface area contributed by atoms with Gasteiger partial charge in [0.2, 0.25) is 10.0 Å². The van der Waals surface area contributed by atoms with Gasteiger partial charge in [-0.1, -0.05) is 18.2 Å². The summed E-state index contributed by atoms with van der Waals surface area (Å²) in [5.41, 5.74) is 3.93. The quantitative estimate of drug-likeness (QED) is 0.650. The molecule has 0 unspecified atom stereocenters. The Hall–Kier alpha value is -2.09. The molecule has 0 amide bonds. The molecule has 146 valence electrons. The third-order valence-electron chi connectivity index (χ3n) is 4.93. The molecule has 4 nitrogen and oxygen atoms in total. The SMILES string of the molecule is O=S(=O)(NCCc1csc(-c2cccc(F)c2)n1)c1ccc2c(c1)CCCC2. The fraction of sp³-hybridized carbons (Fsp3) is 0.286. The van der Waals surface area contributed by atoms with Crippen LogP contribution >= 0.6 is 11.3 Å². The predicted octanol–water partition coefficient (Wildman–Crippen LogP) is 4.35. The summed E-state index contributed by atoms with van der Waals surface area (Å²) < 4.78 is 41.2. The van der Waals surface area contributed by atoms with Crippen LogP contribution in [0.15, 0.2) is 52.7 Å². The van der Waals surface area contributed by atoms with Gasteiger partial charge in [0.25, 0.3) is 0 Å². The molecule has 0 aliphatic heterocycles. The second kappa shape index (κ2) is 8.11. The summed E-state index contributed by atoms with van der Waals surface area (Å²) in [6.07, 6.45) is 4.74. The summed E-state index contributed by atoms with van der Waals surface area (Å²) in [7, 11) is -3.54. The number of sulfonamides is 1. The van der Waals surface area contributed by atoms with Crippen LogP contribution in [0.2, 0.25) is 0 Å². The molecular formula is C21H21FN2O2S2. The normalized spacial score (nSPS) is 14.0. The highest BCUT2D eigenvalue weighted by Crippen LogP contribution is 2.25. The molecule has 0 atom stereocenters. The van der Waals surface area contributed by atoms with Crippen LogP contribution in [0.1, 0.15) is 29.7 Å². The van der Waals surface area contributed by atoms with Crippen molar-refractivity contribution in [3.8, 4) is 10.6 Å². The molecule has 0 fully saturated rings. The molecule has 28 heavy (non-hydrogen) atoms. The third-order valence-corrected chi connectivity index (χ3v) is 7.33. The smallest absolute Gasteiger partial charge is 0.240 e. The Bertz CT molecular complexity index is 1090. The van der Waals surface area contributed by atoms with Gasteiger partial charge in [0.15, 0.2) is 0 Å². The third kappa shape index (κ3) is 4.32. The highest BCUT2D eigenvalue weighted by atomic mass is 32.2. The van der Waals surface area contributed by atoms with Crippen LogP contribution in [-0.2, 0) is 29.3 Å². The van der Waals surface area contributed by atoms with Gasteiger partial charge in [-0.15, -0.1) is 11.3 Å². The molecule has 0 bridgehead atoms. The summed E-state index contributed by atoms with van der Waals surface area (Å²) >= 11 is 1.43. The monoisotopic (exact) mass is 416 g/mol. The van der Waals surface area contributed by atoms with E-state index in [1.165, 1.54) is 35.5 Å². The molecule has 1 N–H and O–H groups in total. The summed E-state index contributed by atoms with van der Waals surface area (Å²) in [5.74, 6) is -0.299. The van der Waals surface area contributed by atoms with Crippen molar-refractivity contribution < 1.29 is 12.8 Å². The van der Waals surface area contributed by atoms with Crippen LogP contribution in [0.25, 0.3) is 10.6 Å². The Morgan fingerprint density at radius 3 is 2.71 bits per heavy atom. The Balaban J connectivity index is 1.39. The van der Waals surface area contributed by atoms with Crippen LogP contribution in [0.4, 0.5) is 4.39 Å². The molecule has 4 rings (SSSR count). The molecule has 0 saturated carbocycles. The molecule has 1 aromatic heterocycles. The number of aromatic nitrogens is 1. The maximum Gasteiger partial charge on any atom is 0.240 e. The van der Waals surface area contributed by atoms with Crippen molar-refractivity contribution in [1.29, 1.82) is 0 Å². The van der Waals surface area contributed by atoms with Crippen molar-refractivity contribution in [2.45, 2.75) is 37.0 Å². The standard InChI is InChI=1S/C21H21FN2O2S2/c22-18-7-3-6-17(12-18)21-24-19(14-27-21)10-11-23-28(25,26)20-9-8-15-4-1-2-5-16(15)13-20/h3,6-9,12-14,23H,1-2,4-5,10-11H2. The lowest BCUT2D eigenvalue weighted by molar-refractivity contribution is 0.580. The van der Waals surface area contributed by atoms with E-state index in [4.69, 9.17) is 0 Å². The molecule has 1 heterocycles. The van der Waals surface area contributed by atoms with Crippen molar-refractivity contribution in [2.75, 3.05) is 6.54 Å². The van der Waals surface area contributed by atoms with E-state index in [0.717, 1.165) is 41.1 Å². The largest absolute Gasteiger partial charge is 0.241 e. The van der Waals surface area contributed by atoms with Crippen LogP contribution in [0.5, 0.6) is 0 Å². The highest BCUT2D eigenvalue weighted by Gasteiger charge is 2.17. The van der Waals surface area contributed by atoms with Gasteiger partial charge in [-0.05, 0) is 61.1 Å². The minimum Gasteiger partial charge on any atom is -0.241 e. The molecule has 1 aliphatic rings. The van der Waals surface area contributed by atoms with Gasteiger partial charge in [-0.25, -0.2) is 22.5 Å². The number of aryl methyl sites for hydroxylation is 2. The first-order valence-corrected chi connectivity index (χ1v) is 11.7. The van der Waals surface area contributed by atoms with Gasteiger partial charge >= 0.3 is 0 Å². The van der Waals surface area contributed by atoms with E-state index in [1.54, 1.807) is 12.1 Å². The van der Waals surface area contributed by atoms with Gasteiger partial charge in [-0.3, -0.25) is 0 Å². The van der Waals surface area contributed by atoms with E-state index in [-0.39, 0.29) is 12.4 Å². The van der Waals surface area contributed by atoms with Gasteiger partial charge in [0.1, 0.15) is 10.8 Å². The Morgan fingerprint density at radius 2 is 1.89 bits per heavy atom.